The van der Waals surface area contributed by atoms with E-state index in [9.17, 15) is 4.79 Å². The van der Waals surface area contributed by atoms with Gasteiger partial charge < -0.3 is 9.64 Å². The molecule has 1 aromatic rings. The van der Waals surface area contributed by atoms with Crippen LogP contribution < -0.4 is 4.74 Å². The first-order valence-corrected chi connectivity index (χ1v) is 5.87. The lowest BCUT2D eigenvalue weighted by Gasteiger charge is -2.11. The first-order valence-electron chi connectivity index (χ1n) is 5.46. The molecule has 0 spiro atoms. The van der Waals surface area contributed by atoms with Gasteiger partial charge in [-0.25, -0.2) is 0 Å². The zero-order valence-electron chi connectivity index (χ0n) is 10.5. The van der Waals surface area contributed by atoms with Crippen molar-refractivity contribution in [1.29, 1.82) is 0 Å². The summed E-state index contributed by atoms with van der Waals surface area (Å²) in [5.41, 5.74) is 1.51. The van der Waals surface area contributed by atoms with E-state index in [0.29, 0.717) is 10.8 Å². The highest BCUT2D eigenvalue weighted by Crippen LogP contribution is 2.21. The second kappa shape index (κ2) is 4.78. The number of hydrogen-bond acceptors (Lipinski definition) is 3. The van der Waals surface area contributed by atoms with E-state index < -0.39 is 0 Å². The zero-order chi connectivity index (χ0) is 13.3. The third kappa shape index (κ3) is 2.09. The summed E-state index contributed by atoms with van der Waals surface area (Å²) in [5.74, 6) is 0.703. The molecule has 0 saturated carbocycles. The Labute approximate surface area is 111 Å². The maximum Gasteiger partial charge on any atom is 0.276 e. The minimum atomic E-state index is -0.0849. The average Bonchev–Trinajstić information content (AvgIpc) is 2.57. The van der Waals surface area contributed by atoms with Crippen LogP contribution in [0, 0.1) is 0 Å². The van der Waals surface area contributed by atoms with E-state index in [1.807, 2.05) is 30.3 Å². The molecule has 0 aliphatic carbocycles. The minimum absolute atomic E-state index is 0.0849. The Balaban J connectivity index is 2.32. The van der Waals surface area contributed by atoms with Crippen molar-refractivity contribution in [3.63, 3.8) is 0 Å². The summed E-state index contributed by atoms with van der Waals surface area (Å²) in [4.78, 5) is 15.1. The fourth-order valence-electron chi connectivity index (χ4n) is 1.75. The summed E-state index contributed by atoms with van der Waals surface area (Å²) in [7, 11) is 5.09. The van der Waals surface area contributed by atoms with Gasteiger partial charge in [-0.15, -0.1) is 0 Å². The third-order valence-corrected chi connectivity index (χ3v) is 3.43. The van der Waals surface area contributed by atoms with E-state index in [4.69, 9.17) is 17.0 Å². The minimum Gasteiger partial charge on any atom is -0.497 e. The number of carbonyl (C=O) groups excluding carboxylic acids is 1. The largest absolute Gasteiger partial charge is 0.497 e. The van der Waals surface area contributed by atoms with Crippen molar-refractivity contribution in [2.75, 3.05) is 21.2 Å². The van der Waals surface area contributed by atoms with Crippen molar-refractivity contribution in [3.8, 4) is 5.75 Å². The number of amides is 1. The number of nitrogens with zero attached hydrogens (tertiary/aromatic N) is 2. The molecule has 1 aromatic carbocycles. The van der Waals surface area contributed by atoms with Crippen LogP contribution in [0.25, 0.3) is 6.08 Å². The average molecular weight is 262 g/mol. The van der Waals surface area contributed by atoms with Crippen molar-refractivity contribution in [2.45, 2.75) is 0 Å². The molecule has 18 heavy (non-hydrogen) atoms. The molecule has 4 nitrogen and oxygen atoms in total. The van der Waals surface area contributed by atoms with Crippen LogP contribution in [0.3, 0.4) is 0 Å². The second-order valence-electron chi connectivity index (χ2n) is 4.01. The van der Waals surface area contributed by atoms with E-state index >= 15 is 0 Å². The number of benzene rings is 1. The van der Waals surface area contributed by atoms with Crippen LogP contribution >= 0.6 is 12.2 Å². The Bertz CT molecular complexity index is 522. The van der Waals surface area contributed by atoms with Gasteiger partial charge in [-0.3, -0.25) is 9.69 Å². The molecule has 0 atom stereocenters. The van der Waals surface area contributed by atoms with Gasteiger partial charge in [0.1, 0.15) is 11.4 Å². The molecule has 1 saturated heterocycles. The van der Waals surface area contributed by atoms with E-state index in [1.165, 1.54) is 4.90 Å². The molecule has 1 amide bonds. The third-order valence-electron chi connectivity index (χ3n) is 2.88. The maximum absolute atomic E-state index is 12.0. The van der Waals surface area contributed by atoms with Gasteiger partial charge in [0, 0.05) is 14.1 Å². The second-order valence-corrected chi connectivity index (χ2v) is 4.37. The van der Waals surface area contributed by atoms with Crippen LogP contribution in [-0.4, -0.2) is 42.0 Å². The van der Waals surface area contributed by atoms with Gasteiger partial charge in [-0.1, -0.05) is 12.1 Å². The summed E-state index contributed by atoms with van der Waals surface area (Å²) in [6.07, 6.45) is 1.82. The van der Waals surface area contributed by atoms with Crippen LogP contribution in [0.2, 0.25) is 0 Å². The molecule has 2 rings (SSSR count). The molecule has 1 fully saturated rings. The van der Waals surface area contributed by atoms with Gasteiger partial charge >= 0.3 is 0 Å². The Morgan fingerprint density at radius 3 is 2.22 bits per heavy atom. The van der Waals surface area contributed by atoms with Gasteiger partial charge in [-0.2, -0.15) is 0 Å². The lowest BCUT2D eigenvalue weighted by atomic mass is 10.2. The lowest BCUT2D eigenvalue weighted by molar-refractivity contribution is -0.121. The molecule has 0 bridgehead atoms. The first kappa shape index (κ1) is 12.6. The van der Waals surface area contributed by atoms with E-state index in [1.54, 1.807) is 26.1 Å². The van der Waals surface area contributed by atoms with Crippen LogP contribution in [0.15, 0.2) is 30.0 Å². The Kier molecular flexibility index (Phi) is 3.34. The van der Waals surface area contributed by atoms with E-state index in [0.717, 1.165) is 11.3 Å². The van der Waals surface area contributed by atoms with Gasteiger partial charge in [0.05, 0.1) is 7.11 Å². The predicted molar refractivity (Wildman–Crippen MR) is 74.1 cm³/mol. The Morgan fingerprint density at radius 2 is 1.78 bits per heavy atom. The maximum atomic E-state index is 12.0. The summed E-state index contributed by atoms with van der Waals surface area (Å²) < 4.78 is 5.09. The number of ether oxygens (including phenoxy) is 1. The molecular weight excluding hydrogens is 248 g/mol. The molecule has 1 heterocycles. The summed E-state index contributed by atoms with van der Waals surface area (Å²) in [5, 5.41) is 0.514. The zero-order valence-corrected chi connectivity index (χ0v) is 11.3. The number of carbonyl (C=O) groups is 1. The fourth-order valence-corrected chi connectivity index (χ4v) is 1.93. The van der Waals surface area contributed by atoms with Gasteiger partial charge in [0.15, 0.2) is 5.11 Å². The Morgan fingerprint density at radius 1 is 1.17 bits per heavy atom. The monoisotopic (exact) mass is 262 g/mol. The van der Waals surface area contributed by atoms with Crippen molar-refractivity contribution >= 4 is 29.3 Å². The topological polar surface area (TPSA) is 32.8 Å². The van der Waals surface area contributed by atoms with Gasteiger partial charge in [0.2, 0.25) is 0 Å². The molecule has 0 radical (unpaired) electrons. The lowest BCUT2D eigenvalue weighted by Crippen LogP contribution is -2.26. The highest BCUT2D eigenvalue weighted by atomic mass is 32.1. The quantitative estimate of drug-likeness (QED) is 0.600. The van der Waals surface area contributed by atoms with Crippen molar-refractivity contribution in [3.05, 3.63) is 35.5 Å². The number of likely N-dealkylation sites (N-methyl/N-ethyl adjacent to an activating group) is 2. The molecule has 5 heteroatoms. The van der Waals surface area contributed by atoms with Crippen LogP contribution in [0.5, 0.6) is 5.75 Å². The highest BCUT2D eigenvalue weighted by molar-refractivity contribution is 7.80. The van der Waals surface area contributed by atoms with Crippen LogP contribution in [0.1, 0.15) is 5.56 Å². The van der Waals surface area contributed by atoms with E-state index in [-0.39, 0.29) is 5.91 Å². The SMILES string of the molecule is COc1ccc(/C=C2\C(=O)N(C)C(=S)N2C)cc1. The number of rotatable bonds is 2. The summed E-state index contributed by atoms with van der Waals surface area (Å²) in [6, 6.07) is 7.50. The van der Waals surface area contributed by atoms with Gasteiger partial charge in [-0.05, 0) is 36.0 Å². The normalized spacial score (nSPS) is 17.8. The molecule has 0 N–H and O–H groups in total. The summed E-state index contributed by atoms with van der Waals surface area (Å²) >= 11 is 5.14. The fraction of sp³-hybridized carbons (Fsp3) is 0.231. The van der Waals surface area contributed by atoms with Gasteiger partial charge in [0.25, 0.3) is 5.91 Å². The number of thiocarbonyl (C=S) groups is 1. The first-order chi connectivity index (χ1) is 8.54. The molecule has 1 aliphatic rings. The number of hydrogen-bond donors (Lipinski definition) is 0. The molecule has 1 aliphatic heterocycles. The predicted octanol–water partition coefficient (Wildman–Crippen LogP) is 1.72. The molecule has 94 valence electrons. The standard InChI is InChI=1S/C13H14N2O2S/c1-14-11(12(16)15(2)13(14)18)8-9-4-6-10(17-3)7-5-9/h4-8H,1-3H3/b11-8+. The Hall–Kier alpha value is -1.88. The molecular formula is C13H14N2O2S. The number of methoxy groups -OCH3 is 1. The van der Waals surface area contributed by atoms with Crippen LogP contribution in [-0.2, 0) is 4.79 Å². The highest BCUT2D eigenvalue weighted by Gasteiger charge is 2.32. The summed E-state index contributed by atoms with van der Waals surface area (Å²) in [6.45, 7) is 0. The molecule has 0 unspecified atom stereocenters. The van der Waals surface area contributed by atoms with Crippen molar-refractivity contribution < 1.29 is 9.53 Å². The molecule has 0 aromatic heterocycles. The van der Waals surface area contributed by atoms with Crippen molar-refractivity contribution in [2.24, 2.45) is 0 Å². The van der Waals surface area contributed by atoms with E-state index in [2.05, 4.69) is 0 Å². The van der Waals surface area contributed by atoms with Crippen molar-refractivity contribution in [1.82, 2.24) is 9.80 Å². The smallest absolute Gasteiger partial charge is 0.276 e. The van der Waals surface area contributed by atoms with Crippen LogP contribution in [0.4, 0.5) is 0 Å².